The number of hydrogen-bond acceptors (Lipinski definition) is 2. The second-order valence-corrected chi connectivity index (χ2v) is 5.04. The van der Waals surface area contributed by atoms with E-state index < -0.39 is 55.1 Å². The summed E-state index contributed by atoms with van der Waals surface area (Å²) in [5.41, 5.74) is -5.84. The number of ether oxygens (including phenoxy) is 2. The van der Waals surface area contributed by atoms with E-state index in [-0.39, 0.29) is 0 Å². The highest BCUT2D eigenvalue weighted by Crippen LogP contribution is 2.49. The molecule has 0 aromatic heterocycles. The SMILES string of the molecule is CCC(C)COCC(F)(C(F)(F)F)C(F)(F)OC(F)(F)C(F)=C(F)F. The van der Waals surface area contributed by atoms with Crippen LogP contribution in [-0.4, -0.2) is 37.3 Å². The maximum absolute atomic E-state index is 13.8. The number of rotatable bonds is 9. The Hall–Kier alpha value is -1.11. The molecular weight excluding hydrogens is 385 g/mol. The fourth-order valence-corrected chi connectivity index (χ4v) is 1.25. The van der Waals surface area contributed by atoms with E-state index >= 15 is 0 Å². The molecule has 0 bridgehead atoms. The Morgan fingerprint density at radius 2 is 1.40 bits per heavy atom. The molecule has 0 saturated heterocycles. The highest BCUT2D eigenvalue weighted by atomic mass is 19.4. The van der Waals surface area contributed by atoms with Gasteiger partial charge in [-0.1, -0.05) is 20.3 Å². The van der Waals surface area contributed by atoms with Gasteiger partial charge in [0.15, 0.2) is 0 Å². The van der Waals surface area contributed by atoms with Crippen LogP contribution < -0.4 is 0 Å². The summed E-state index contributed by atoms with van der Waals surface area (Å²) < 4.78 is 146. The Morgan fingerprint density at radius 1 is 0.920 bits per heavy atom. The third-order valence-corrected chi connectivity index (χ3v) is 2.99. The second-order valence-electron chi connectivity index (χ2n) is 5.04. The van der Waals surface area contributed by atoms with E-state index in [1.54, 1.807) is 6.92 Å². The summed E-state index contributed by atoms with van der Waals surface area (Å²) in [6, 6.07) is 0. The van der Waals surface area contributed by atoms with Gasteiger partial charge in [-0.25, -0.2) is 9.13 Å². The van der Waals surface area contributed by atoms with Crippen LogP contribution in [0, 0.1) is 5.92 Å². The van der Waals surface area contributed by atoms with Crippen LogP contribution in [-0.2, 0) is 9.47 Å². The minimum absolute atomic E-state index is 0.308. The summed E-state index contributed by atoms with van der Waals surface area (Å²) in [7, 11) is 0. The largest absolute Gasteiger partial charge is 0.433 e. The van der Waals surface area contributed by atoms with Crippen molar-refractivity contribution in [3.8, 4) is 0 Å². The fourth-order valence-electron chi connectivity index (χ4n) is 1.25. The first-order valence-corrected chi connectivity index (χ1v) is 6.52. The van der Waals surface area contributed by atoms with Crippen LogP contribution in [0.5, 0.6) is 0 Å². The van der Waals surface area contributed by atoms with Gasteiger partial charge in [-0.15, -0.1) is 0 Å². The van der Waals surface area contributed by atoms with E-state index in [2.05, 4.69) is 9.47 Å². The molecule has 150 valence electrons. The molecule has 25 heavy (non-hydrogen) atoms. The molecule has 0 aliphatic rings. The minimum atomic E-state index is -6.50. The molecule has 0 aliphatic heterocycles. The Morgan fingerprint density at radius 3 is 1.76 bits per heavy atom. The van der Waals surface area contributed by atoms with Crippen molar-refractivity contribution in [1.82, 2.24) is 0 Å². The lowest BCUT2D eigenvalue weighted by Crippen LogP contribution is -2.61. The van der Waals surface area contributed by atoms with Crippen LogP contribution in [0.1, 0.15) is 20.3 Å². The first kappa shape index (κ1) is 23.9. The molecule has 0 amide bonds. The first-order chi connectivity index (χ1) is 11.0. The normalized spacial score (nSPS) is 17.2. The Balaban J connectivity index is 5.60. The molecule has 0 aliphatic carbocycles. The third-order valence-electron chi connectivity index (χ3n) is 2.99. The Kier molecular flexibility index (Phi) is 7.70. The van der Waals surface area contributed by atoms with Crippen molar-refractivity contribution < 1.29 is 57.8 Å². The lowest BCUT2D eigenvalue weighted by Gasteiger charge is -2.35. The van der Waals surface area contributed by atoms with Crippen molar-refractivity contribution in [3.63, 3.8) is 0 Å². The summed E-state index contributed by atoms with van der Waals surface area (Å²) >= 11 is 0. The highest BCUT2D eigenvalue weighted by molar-refractivity contribution is 5.03. The van der Waals surface area contributed by atoms with Crippen LogP contribution in [0.2, 0.25) is 0 Å². The van der Waals surface area contributed by atoms with Crippen molar-refractivity contribution in [2.75, 3.05) is 13.2 Å². The zero-order valence-electron chi connectivity index (χ0n) is 12.7. The lowest BCUT2D eigenvalue weighted by atomic mass is 10.1. The van der Waals surface area contributed by atoms with Gasteiger partial charge in [0.05, 0.1) is 6.61 Å². The zero-order chi connectivity index (χ0) is 20.3. The summed E-state index contributed by atoms with van der Waals surface area (Å²) in [4.78, 5) is 0. The molecule has 0 fully saturated rings. The first-order valence-electron chi connectivity index (χ1n) is 6.52. The van der Waals surface area contributed by atoms with Gasteiger partial charge >= 0.3 is 30.1 Å². The molecule has 0 aromatic carbocycles. The van der Waals surface area contributed by atoms with Gasteiger partial charge in [0.1, 0.15) is 0 Å². The maximum atomic E-state index is 13.8. The van der Waals surface area contributed by atoms with E-state index in [1.165, 1.54) is 6.92 Å². The quantitative estimate of drug-likeness (QED) is 0.471. The number of halogens is 11. The van der Waals surface area contributed by atoms with E-state index in [4.69, 9.17) is 0 Å². The molecule has 0 aromatic rings. The van der Waals surface area contributed by atoms with Gasteiger partial charge < -0.3 is 4.74 Å². The maximum Gasteiger partial charge on any atom is 0.433 e. The summed E-state index contributed by atoms with van der Waals surface area (Å²) in [5, 5.41) is 0. The van der Waals surface area contributed by atoms with E-state index in [0.717, 1.165) is 0 Å². The van der Waals surface area contributed by atoms with Crippen LogP contribution >= 0.6 is 0 Å². The monoisotopic (exact) mass is 398 g/mol. The van der Waals surface area contributed by atoms with Crippen molar-refractivity contribution in [2.45, 2.75) is 44.3 Å². The molecule has 2 atom stereocenters. The fraction of sp³-hybridized carbons (Fsp3) is 0.833. The zero-order valence-corrected chi connectivity index (χ0v) is 12.7. The van der Waals surface area contributed by atoms with Crippen LogP contribution in [0.3, 0.4) is 0 Å². The molecule has 0 heterocycles. The van der Waals surface area contributed by atoms with Crippen molar-refractivity contribution >= 4 is 0 Å². The molecular formula is C12H13F11O2. The van der Waals surface area contributed by atoms with Crippen LogP contribution in [0.4, 0.5) is 48.3 Å². The van der Waals surface area contributed by atoms with Crippen LogP contribution in [0.15, 0.2) is 11.9 Å². The predicted molar refractivity (Wildman–Crippen MR) is 61.5 cm³/mol. The van der Waals surface area contributed by atoms with Gasteiger partial charge in [-0.3, -0.25) is 0 Å². The Labute approximate surface area is 134 Å². The lowest BCUT2D eigenvalue weighted by molar-refractivity contribution is -0.443. The van der Waals surface area contributed by atoms with E-state index in [0.29, 0.717) is 6.42 Å². The van der Waals surface area contributed by atoms with Gasteiger partial charge in [-0.05, 0) is 5.92 Å². The molecule has 0 spiro atoms. The van der Waals surface area contributed by atoms with Crippen molar-refractivity contribution in [3.05, 3.63) is 11.9 Å². The van der Waals surface area contributed by atoms with E-state index in [1.807, 2.05) is 0 Å². The highest BCUT2D eigenvalue weighted by Gasteiger charge is 2.75. The van der Waals surface area contributed by atoms with Gasteiger partial charge in [0, 0.05) is 6.61 Å². The molecule has 0 N–H and O–H groups in total. The third kappa shape index (κ3) is 5.69. The summed E-state index contributed by atoms with van der Waals surface area (Å²) in [6.45, 7) is -0.175. The predicted octanol–water partition coefficient (Wildman–Crippen LogP) is 5.60. The smallest absolute Gasteiger partial charge is 0.377 e. The standard InChI is InChI=1S/C12H13F11O2/c1-3-6(2)4-24-5-9(16,11(19,20)21)12(22,23)25-10(17,18)7(13)8(14)15/h6H,3-5H2,1-2H3. The van der Waals surface area contributed by atoms with Gasteiger partial charge in [0.2, 0.25) is 0 Å². The van der Waals surface area contributed by atoms with Gasteiger partial charge in [-0.2, -0.15) is 43.9 Å². The molecule has 0 saturated carbocycles. The van der Waals surface area contributed by atoms with Crippen LogP contribution in [0.25, 0.3) is 0 Å². The average Bonchev–Trinajstić information content (AvgIpc) is 2.43. The second kappa shape index (κ2) is 8.06. The topological polar surface area (TPSA) is 18.5 Å². The molecule has 13 heteroatoms. The van der Waals surface area contributed by atoms with E-state index in [9.17, 15) is 48.3 Å². The molecule has 0 rings (SSSR count). The Bertz CT molecular complexity index is 470. The summed E-state index contributed by atoms with van der Waals surface area (Å²) in [6.07, 6.45) is -22.7. The summed E-state index contributed by atoms with van der Waals surface area (Å²) in [5.74, 6) is -4.37. The molecule has 2 nitrogen and oxygen atoms in total. The average molecular weight is 398 g/mol. The number of hydrogen-bond donors (Lipinski definition) is 0. The van der Waals surface area contributed by atoms with Crippen molar-refractivity contribution in [1.29, 1.82) is 0 Å². The van der Waals surface area contributed by atoms with Gasteiger partial charge in [0.25, 0.3) is 5.83 Å². The molecule has 0 radical (unpaired) electrons. The minimum Gasteiger partial charge on any atom is -0.377 e. The van der Waals surface area contributed by atoms with Crippen molar-refractivity contribution in [2.24, 2.45) is 5.92 Å². The number of alkyl halides is 8. The molecule has 2 unspecified atom stereocenters.